The summed E-state index contributed by atoms with van der Waals surface area (Å²) < 4.78 is 24.0. The molecule has 0 atom stereocenters. The van der Waals surface area contributed by atoms with Crippen molar-refractivity contribution >= 4 is 34.2 Å². The number of hydrogen-bond donors (Lipinski definition) is 1. The first-order valence-corrected chi connectivity index (χ1v) is 7.11. The van der Waals surface area contributed by atoms with Gasteiger partial charge in [0.05, 0.1) is 25.5 Å². The predicted octanol–water partition coefficient (Wildman–Crippen LogP) is 3.70. The molecular formula is C15H13FINO3. The minimum absolute atomic E-state index is 0.334. The first kappa shape index (κ1) is 15.6. The molecule has 0 aliphatic rings. The van der Waals surface area contributed by atoms with Crippen molar-refractivity contribution in [3.05, 3.63) is 51.3 Å². The molecule has 0 aliphatic heterocycles. The van der Waals surface area contributed by atoms with Gasteiger partial charge in [0.1, 0.15) is 17.3 Å². The Kier molecular flexibility index (Phi) is 5.00. The fourth-order valence-corrected chi connectivity index (χ4v) is 2.38. The second kappa shape index (κ2) is 6.75. The monoisotopic (exact) mass is 401 g/mol. The van der Waals surface area contributed by atoms with Crippen molar-refractivity contribution < 1.29 is 18.7 Å². The molecule has 6 heteroatoms. The van der Waals surface area contributed by atoms with E-state index in [2.05, 4.69) is 5.32 Å². The summed E-state index contributed by atoms with van der Waals surface area (Å²) in [6, 6.07) is 9.08. The maximum absolute atomic E-state index is 13.1. The Morgan fingerprint density at radius 2 is 1.90 bits per heavy atom. The van der Waals surface area contributed by atoms with Gasteiger partial charge in [-0.1, -0.05) is 0 Å². The van der Waals surface area contributed by atoms with E-state index in [1.54, 1.807) is 18.2 Å². The zero-order chi connectivity index (χ0) is 15.4. The lowest BCUT2D eigenvalue weighted by Crippen LogP contribution is -2.14. The zero-order valence-electron chi connectivity index (χ0n) is 11.4. The molecule has 0 heterocycles. The molecule has 0 saturated heterocycles. The summed E-state index contributed by atoms with van der Waals surface area (Å²) >= 11 is 1.96. The Morgan fingerprint density at radius 1 is 1.14 bits per heavy atom. The number of halogens is 2. The topological polar surface area (TPSA) is 47.6 Å². The number of methoxy groups -OCH3 is 2. The van der Waals surface area contributed by atoms with Crippen LogP contribution >= 0.6 is 22.6 Å². The van der Waals surface area contributed by atoms with Gasteiger partial charge in [-0.05, 0) is 52.9 Å². The summed E-state index contributed by atoms with van der Waals surface area (Å²) in [7, 11) is 3.02. The van der Waals surface area contributed by atoms with Crippen molar-refractivity contribution in [2.45, 2.75) is 0 Å². The number of nitrogens with one attached hydrogen (secondary N) is 1. The van der Waals surface area contributed by atoms with Crippen molar-refractivity contribution in [3.63, 3.8) is 0 Å². The molecule has 2 aromatic carbocycles. The van der Waals surface area contributed by atoms with Crippen LogP contribution in [-0.2, 0) is 0 Å². The van der Waals surface area contributed by atoms with Crippen LogP contribution < -0.4 is 14.8 Å². The lowest BCUT2D eigenvalue weighted by atomic mass is 10.1. The number of benzene rings is 2. The average Bonchev–Trinajstić information content (AvgIpc) is 2.49. The second-order valence-electron chi connectivity index (χ2n) is 4.14. The standard InChI is InChI=1S/C15H13FINO3/c1-20-10-4-5-11(14(8-10)21-2)15(19)18-13-6-3-9(16)7-12(13)17/h3-8H,1-2H3,(H,18,19). The van der Waals surface area contributed by atoms with E-state index < -0.39 is 0 Å². The van der Waals surface area contributed by atoms with Crippen LogP contribution in [0.5, 0.6) is 11.5 Å². The number of carbonyl (C=O) groups is 1. The van der Waals surface area contributed by atoms with E-state index in [0.717, 1.165) is 0 Å². The number of amides is 1. The van der Waals surface area contributed by atoms with E-state index in [4.69, 9.17) is 9.47 Å². The van der Waals surface area contributed by atoms with Gasteiger partial charge in [-0.2, -0.15) is 0 Å². The molecule has 0 unspecified atom stereocenters. The Bertz CT molecular complexity index is 676. The van der Waals surface area contributed by atoms with E-state index in [9.17, 15) is 9.18 Å². The number of carbonyl (C=O) groups excluding carboxylic acids is 1. The second-order valence-corrected chi connectivity index (χ2v) is 5.31. The normalized spacial score (nSPS) is 10.1. The minimum Gasteiger partial charge on any atom is -0.497 e. The van der Waals surface area contributed by atoms with E-state index >= 15 is 0 Å². The van der Waals surface area contributed by atoms with Gasteiger partial charge in [0.25, 0.3) is 5.91 Å². The van der Waals surface area contributed by atoms with Crippen LogP contribution in [0.3, 0.4) is 0 Å². The molecule has 2 rings (SSSR count). The molecule has 0 aromatic heterocycles. The molecule has 21 heavy (non-hydrogen) atoms. The highest BCUT2D eigenvalue weighted by Crippen LogP contribution is 2.26. The lowest BCUT2D eigenvalue weighted by Gasteiger charge is -2.11. The highest BCUT2D eigenvalue weighted by atomic mass is 127. The van der Waals surface area contributed by atoms with Crippen LogP contribution in [-0.4, -0.2) is 20.1 Å². The van der Waals surface area contributed by atoms with Crippen LogP contribution in [0.1, 0.15) is 10.4 Å². The van der Waals surface area contributed by atoms with Gasteiger partial charge < -0.3 is 14.8 Å². The SMILES string of the molecule is COc1ccc(C(=O)Nc2ccc(F)cc2I)c(OC)c1. The molecule has 0 fully saturated rings. The number of rotatable bonds is 4. The van der Waals surface area contributed by atoms with Gasteiger partial charge in [-0.3, -0.25) is 4.79 Å². The quantitative estimate of drug-likeness (QED) is 0.796. The third-order valence-corrected chi connectivity index (χ3v) is 3.73. The van der Waals surface area contributed by atoms with E-state index in [1.165, 1.54) is 32.4 Å². The first-order chi connectivity index (χ1) is 10.0. The summed E-state index contributed by atoms with van der Waals surface area (Å²) in [5, 5.41) is 2.73. The van der Waals surface area contributed by atoms with E-state index in [1.807, 2.05) is 22.6 Å². The Labute approximate surface area is 135 Å². The summed E-state index contributed by atoms with van der Waals surface area (Å²) in [6.45, 7) is 0. The Balaban J connectivity index is 2.28. The van der Waals surface area contributed by atoms with Crippen molar-refractivity contribution in [3.8, 4) is 11.5 Å². The van der Waals surface area contributed by atoms with Gasteiger partial charge in [-0.25, -0.2) is 4.39 Å². The number of hydrogen-bond acceptors (Lipinski definition) is 3. The summed E-state index contributed by atoms with van der Waals surface area (Å²) in [5.74, 6) is 0.321. The van der Waals surface area contributed by atoms with Crippen LogP contribution in [0.2, 0.25) is 0 Å². The fraction of sp³-hybridized carbons (Fsp3) is 0.133. The summed E-state index contributed by atoms with van der Waals surface area (Å²) in [6.07, 6.45) is 0. The molecule has 1 amide bonds. The molecule has 0 radical (unpaired) electrons. The first-order valence-electron chi connectivity index (χ1n) is 6.03. The summed E-state index contributed by atoms with van der Waals surface area (Å²) in [4.78, 5) is 12.3. The number of anilines is 1. The smallest absolute Gasteiger partial charge is 0.259 e. The van der Waals surface area contributed by atoms with E-state index in [-0.39, 0.29) is 11.7 Å². The lowest BCUT2D eigenvalue weighted by molar-refractivity contribution is 0.102. The van der Waals surface area contributed by atoms with Gasteiger partial charge in [0.15, 0.2) is 0 Å². The van der Waals surface area contributed by atoms with E-state index in [0.29, 0.717) is 26.3 Å². The van der Waals surface area contributed by atoms with Gasteiger partial charge in [0.2, 0.25) is 0 Å². The van der Waals surface area contributed by atoms with Crippen molar-refractivity contribution in [2.24, 2.45) is 0 Å². The predicted molar refractivity (Wildman–Crippen MR) is 86.6 cm³/mol. The average molecular weight is 401 g/mol. The van der Waals surface area contributed by atoms with Crippen LogP contribution in [0, 0.1) is 9.39 Å². The molecular weight excluding hydrogens is 388 g/mol. The largest absolute Gasteiger partial charge is 0.497 e. The molecule has 0 bridgehead atoms. The van der Waals surface area contributed by atoms with Crippen molar-refractivity contribution in [2.75, 3.05) is 19.5 Å². The maximum atomic E-state index is 13.1. The molecule has 0 aliphatic carbocycles. The Hall–Kier alpha value is -1.83. The third kappa shape index (κ3) is 3.63. The number of ether oxygens (including phenoxy) is 2. The van der Waals surface area contributed by atoms with Gasteiger partial charge in [0, 0.05) is 9.64 Å². The molecule has 2 aromatic rings. The van der Waals surface area contributed by atoms with Crippen molar-refractivity contribution in [1.82, 2.24) is 0 Å². The summed E-state index contributed by atoms with van der Waals surface area (Å²) in [5.41, 5.74) is 0.915. The maximum Gasteiger partial charge on any atom is 0.259 e. The van der Waals surface area contributed by atoms with Gasteiger partial charge in [-0.15, -0.1) is 0 Å². The van der Waals surface area contributed by atoms with Crippen molar-refractivity contribution in [1.29, 1.82) is 0 Å². The molecule has 110 valence electrons. The van der Waals surface area contributed by atoms with Gasteiger partial charge >= 0.3 is 0 Å². The highest BCUT2D eigenvalue weighted by molar-refractivity contribution is 14.1. The van der Waals surface area contributed by atoms with Crippen LogP contribution in [0.15, 0.2) is 36.4 Å². The van der Waals surface area contributed by atoms with Crippen LogP contribution in [0.4, 0.5) is 10.1 Å². The van der Waals surface area contributed by atoms with Crippen LogP contribution in [0.25, 0.3) is 0 Å². The highest BCUT2D eigenvalue weighted by Gasteiger charge is 2.14. The zero-order valence-corrected chi connectivity index (χ0v) is 13.6. The molecule has 1 N–H and O–H groups in total. The fourth-order valence-electron chi connectivity index (χ4n) is 1.77. The Morgan fingerprint density at radius 3 is 2.52 bits per heavy atom. The molecule has 0 saturated carbocycles. The molecule has 0 spiro atoms. The minimum atomic E-state index is -0.348. The molecule has 4 nitrogen and oxygen atoms in total. The third-order valence-electron chi connectivity index (χ3n) is 2.83.